The minimum absolute atomic E-state index is 0.505. The van der Waals surface area contributed by atoms with Crippen LogP contribution in [0.5, 0.6) is 0 Å². The normalized spacial score (nSPS) is 10.9. The van der Waals surface area contributed by atoms with E-state index in [9.17, 15) is 0 Å². The minimum Gasteiger partial charge on any atom is -0.436 e. The quantitative estimate of drug-likeness (QED) is 0.683. The molecule has 0 bridgehead atoms. The summed E-state index contributed by atoms with van der Waals surface area (Å²) in [6, 6.07) is 15.6. The fourth-order valence-electron chi connectivity index (χ4n) is 2.13. The van der Waals surface area contributed by atoms with Crippen molar-refractivity contribution in [3.05, 3.63) is 53.6 Å². The van der Waals surface area contributed by atoms with Crippen LogP contribution in [0.25, 0.3) is 22.6 Å². The average Bonchev–Trinajstić information content (AvgIpc) is 2.90. The van der Waals surface area contributed by atoms with Gasteiger partial charge in [-0.25, -0.2) is 4.98 Å². The molecule has 3 rings (SSSR count). The maximum absolute atomic E-state index is 8.89. The molecule has 0 fully saturated rings. The van der Waals surface area contributed by atoms with E-state index in [1.807, 2.05) is 18.2 Å². The number of rotatable bonds is 2. The monoisotopic (exact) mass is 262 g/mol. The highest BCUT2D eigenvalue weighted by Gasteiger charge is 2.09. The predicted molar refractivity (Wildman–Crippen MR) is 78.2 cm³/mol. The van der Waals surface area contributed by atoms with Crippen LogP contribution in [0, 0.1) is 11.3 Å². The van der Waals surface area contributed by atoms with Gasteiger partial charge in [-0.3, -0.25) is 0 Å². The van der Waals surface area contributed by atoms with Crippen molar-refractivity contribution in [2.75, 3.05) is 0 Å². The third-order valence-corrected chi connectivity index (χ3v) is 3.34. The molecule has 0 radical (unpaired) electrons. The van der Waals surface area contributed by atoms with Gasteiger partial charge in [0.25, 0.3) is 0 Å². The second-order valence-electron chi connectivity index (χ2n) is 5.09. The van der Waals surface area contributed by atoms with Crippen molar-refractivity contribution in [1.82, 2.24) is 4.98 Å². The summed E-state index contributed by atoms with van der Waals surface area (Å²) in [5, 5.41) is 8.89. The number of hydrogen-bond acceptors (Lipinski definition) is 3. The number of hydrogen-bond donors (Lipinski definition) is 0. The lowest BCUT2D eigenvalue weighted by atomic mass is 10.0. The average molecular weight is 262 g/mol. The third kappa shape index (κ3) is 2.17. The fourth-order valence-corrected chi connectivity index (χ4v) is 2.13. The Morgan fingerprint density at radius 3 is 2.50 bits per heavy atom. The van der Waals surface area contributed by atoms with Gasteiger partial charge in [0, 0.05) is 11.6 Å². The van der Waals surface area contributed by atoms with E-state index in [0.717, 1.165) is 11.1 Å². The Morgan fingerprint density at radius 2 is 1.85 bits per heavy atom. The molecule has 1 heterocycles. The zero-order chi connectivity index (χ0) is 14.1. The molecule has 3 nitrogen and oxygen atoms in total. The summed E-state index contributed by atoms with van der Waals surface area (Å²) in [7, 11) is 0. The van der Waals surface area contributed by atoms with Crippen molar-refractivity contribution in [3.8, 4) is 17.5 Å². The van der Waals surface area contributed by atoms with Crippen LogP contribution in [0.15, 0.2) is 46.9 Å². The van der Waals surface area contributed by atoms with Crippen LogP contribution in [0.3, 0.4) is 0 Å². The maximum atomic E-state index is 8.89. The van der Waals surface area contributed by atoms with Gasteiger partial charge in [-0.1, -0.05) is 26.0 Å². The van der Waals surface area contributed by atoms with Crippen molar-refractivity contribution in [2.45, 2.75) is 19.8 Å². The molecule has 98 valence electrons. The first-order valence-electron chi connectivity index (χ1n) is 6.58. The van der Waals surface area contributed by atoms with Gasteiger partial charge in [0.05, 0.1) is 11.6 Å². The van der Waals surface area contributed by atoms with E-state index in [0.29, 0.717) is 23.0 Å². The SMILES string of the molecule is CC(C)c1ccc(-c2nc3ccc(C#N)cc3o2)cc1. The van der Waals surface area contributed by atoms with Crippen molar-refractivity contribution in [3.63, 3.8) is 0 Å². The fraction of sp³-hybridized carbons (Fsp3) is 0.176. The third-order valence-electron chi connectivity index (χ3n) is 3.34. The van der Waals surface area contributed by atoms with Gasteiger partial charge < -0.3 is 4.42 Å². The smallest absolute Gasteiger partial charge is 0.227 e. The molecule has 0 unspecified atom stereocenters. The molecule has 1 aromatic heterocycles. The number of aromatic nitrogens is 1. The summed E-state index contributed by atoms with van der Waals surface area (Å²) < 4.78 is 5.73. The summed E-state index contributed by atoms with van der Waals surface area (Å²) in [4.78, 5) is 4.46. The Labute approximate surface area is 117 Å². The first-order chi connectivity index (χ1) is 9.67. The zero-order valence-electron chi connectivity index (χ0n) is 11.4. The van der Waals surface area contributed by atoms with Crippen LogP contribution in [0.4, 0.5) is 0 Å². The lowest BCUT2D eigenvalue weighted by Gasteiger charge is -2.04. The molecule has 0 amide bonds. The zero-order valence-corrected chi connectivity index (χ0v) is 11.4. The Kier molecular flexibility index (Phi) is 3.00. The lowest BCUT2D eigenvalue weighted by Crippen LogP contribution is -1.86. The molecule has 0 aliphatic rings. The van der Waals surface area contributed by atoms with Gasteiger partial charge in [-0.2, -0.15) is 5.26 Å². The van der Waals surface area contributed by atoms with Crippen LogP contribution in [-0.4, -0.2) is 4.98 Å². The highest BCUT2D eigenvalue weighted by Crippen LogP contribution is 2.26. The van der Waals surface area contributed by atoms with E-state index in [2.05, 4.69) is 37.0 Å². The first-order valence-corrected chi connectivity index (χ1v) is 6.58. The van der Waals surface area contributed by atoms with Crippen LogP contribution in [-0.2, 0) is 0 Å². The summed E-state index contributed by atoms with van der Waals surface area (Å²) in [5.41, 5.74) is 4.23. The first kappa shape index (κ1) is 12.4. The van der Waals surface area contributed by atoms with E-state index >= 15 is 0 Å². The second kappa shape index (κ2) is 4.82. The van der Waals surface area contributed by atoms with E-state index in [4.69, 9.17) is 9.68 Å². The number of nitrogens with zero attached hydrogens (tertiary/aromatic N) is 2. The molecule has 0 N–H and O–H groups in total. The van der Waals surface area contributed by atoms with Gasteiger partial charge in [0.1, 0.15) is 5.52 Å². The van der Waals surface area contributed by atoms with Crippen molar-refractivity contribution in [1.29, 1.82) is 5.26 Å². The molecule has 3 aromatic rings. The van der Waals surface area contributed by atoms with Crippen LogP contribution in [0.1, 0.15) is 30.9 Å². The molecule has 0 spiro atoms. The summed E-state index contributed by atoms with van der Waals surface area (Å²) in [5.74, 6) is 1.09. The number of benzene rings is 2. The maximum Gasteiger partial charge on any atom is 0.227 e. The lowest BCUT2D eigenvalue weighted by molar-refractivity contribution is 0.619. The predicted octanol–water partition coefficient (Wildman–Crippen LogP) is 4.49. The highest BCUT2D eigenvalue weighted by molar-refractivity contribution is 5.77. The molecular formula is C17H14N2O. The molecule has 0 saturated carbocycles. The Morgan fingerprint density at radius 1 is 1.10 bits per heavy atom. The molecule has 0 atom stereocenters. The molecule has 0 aliphatic carbocycles. The Bertz CT molecular complexity index is 792. The van der Waals surface area contributed by atoms with Crippen LogP contribution >= 0.6 is 0 Å². The highest BCUT2D eigenvalue weighted by atomic mass is 16.3. The summed E-state index contributed by atoms with van der Waals surface area (Å²) >= 11 is 0. The molecule has 20 heavy (non-hydrogen) atoms. The van der Waals surface area contributed by atoms with Crippen LogP contribution < -0.4 is 0 Å². The molecule has 3 heteroatoms. The molecule has 2 aromatic carbocycles. The summed E-state index contributed by atoms with van der Waals surface area (Å²) in [6.07, 6.45) is 0. The van der Waals surface area contributed by atoms with Gasteiger partial charge in [0.15, 0.2) is 5.58 Å². The van der Waals surface area contributed by atoms with E-state index in [-0.39, 0.29) is 0 Å². The topological polar surface area (TPSA) is 49.8 Å². The molecule has 0 aliphatic heterocycles. The van der Waals surface area contributed by atoms with Crippen LogP contribution in [0.2, 0.25) is 0 Å². The van der Waals surface area contributed by atoms with Gasteiger partial charge in [-0.05, 0) is 35.7 Å². The second-order valence-corrected chi connectivity index (χ2v) is 5.09. The van der Waals surface area contributed by atoms with E-state index < -0.39 is 0 Å². The van der Waals surface area contributed by atoms with Crippen molar-refractivity contribution >= 4 is 11.1 Å². The Hall–Kier alpha value is -2.60. The van der Waals surface area contributed by atoms with E-state index in [1.165, 1.54) is 5.56 Å². The van der Waals surface area contributed by atoms with Gasteiger partial charge >= 0.3 is 0 Å². The minimum atomic E-state index is 0.505. The molecule has 0 saturated heterocycles. The number of oxazole rings is 1. The standard InChI is InChI=1S/C17H14N2O/c1-11(2)13-4-6-14(7-5-13)17-19-15-8-3-12(10-18)9-16(15)20-17/h3-9,11H,1-2H3. The molecular weight excluding hydrogens is 248 g/mol. The van der Waals surface area contributed by atoms with Crippen molar-refractivity contribution < 1.29 is 4.42 Å². The van der Waals surface area contributed by atoms with Gasteiger partial charge in [-0.15, -0.1) is 0 Å². The largest absolute Gasteiger partial charge is 0.436 e. The number of nitriles is 1. The van der Waals surface area contributed by atoms with Gasteiger partial charge in [0.2, 0.25) is 5.89 Å². The summed E-state index contributed by atoms with van der Waals surface area (Å²) in [6.45, 7) is 4.33. The number of fused-ring (bicyclic) bond motifs is 1. The van der Waals surface area contributed by atoms with Crippen molar-refractivity contribution in [2.24, 2.45) is 0 Å². The Balaban J connectivity index is 2.03. The van der Waals surface area contributed by atoms with E-state index in [1.54, 1.807) is 12.1 Å².